The van der Waals surface area contributed by atoms with Gasteiger partial charge in [-0.05, 0) is 36.4 Å². The number of nitrogens with one attached hydrogen (secondary N) is 1. The molecule has 0 aliphatic rings. The third kappa shape index (κ3) is 5.44. The molecule has 1 aromatic heterocycles. The second-order valence-electron chi connectivity index (χ2n) is 6.40. The van der Waals surface area contributed by atoms with Crippen LogP contribution >= 0.6 is 0 Å². The lowest BCUT2D eigenvalue weighted by atomic mass is 10.3. The highest BCUT2D eigenvalue weighted by Crippen LogP contribution is 2.33. The zero-order valence-corrected chi connectivity index (χ0v) is 18.5. The van der Waals surface area contributed by atoms with Gasteiger partial charge in [-0.25, -0.2) is 22.0 Å². The fourth-order valence-corrected chi connectivity index (χ4v) is 6.01. The van der Waals surface area contributed by atoms with Crippen molar-refractivity contribution in [3.8, 4) is 5.75 Å². The Bertz CT molecular complexity index is 1400. The van der Waals surface area contributed by atoms with E-state index in [2.05, 4.69) is 5.32 Å². The number of rotatable bonds is 8. The van der Waals surface area contributed by atoms with E-state index < -0.39 is 44.7 Å². The predicted octanol–water partition coefficient (Wildman–Crippen LogP) is 1.71. The molecule has 0 spiro atoms. The molecule has 0 bridgehead atoms. The highest BCUT2D eigenvalue weighted by Gasteiger charge is 2.30. The summed E-state index contributed by atoms with van der Waals surface area (Å²) in [6, 6.07) is 12.3. The van der Waals surface area contributed by atoms with E-state index >= 15 is 0 Å². The number of hydrogen-bond acceptors (Lipinski definition) is 9. The van der Waals surface area contributed by atoms with Crippen LogP contribution in [0, 0.1) is 0 Å². The van der Waals surface area contributed by atoms with Gasteiger partial charge in [0.25, 0.3) is 0 Å². The summed E-state index contributed by atoms with van der Waals surface area (Å²) in [6.45, 7) is -0.0151. The molecule has 31 heavy (non-hydrogen) atoms. The van der Waals surface area contributed by atoms with Gasteiger partial charge in [0.05, 0.1) is 23.4 Å². The summed E-state index contributed by atoms with van der Waals surface area (Å²) in [5.74, 6) is 0.396. The van der Waals surface area contributed by atoms with Gasteiger partial charge in [0.15, 0.2) is 9.84 Å². The van der Waals surface area contributed by atoms with E-state index in [1.165, 1.54) is 18.4 Å². The van der Waals surface area contributed by atoms with Crippen LogP contribution in [-0.4, -0.2) is 31.5 Å². The Morgan fingerprint density at radius 3 is 2.13 bits per heavy atom. The first kappa shape index (κ1) is 22.8. The number of nitrogens with two attached hydrogens (primary N) is 1. The first-order valence-corrected chi connectivity index (χ1v) is 13.4. The van der Waals surface area contributed by atoms with Gasteiger partial charge in [-0.1, -0.05) is 18.2 Å². The number of anilines is 1. The number of benzene rings is 2. The summed E-state index contributed by atoms with van der Waals surface area (Å²) in [7, 11) is -13.3. The molecule has 3 aromatic rings. The zero-order valence-electron chi connectivity index (χ0n) is 16.0. The molecule has 0 atom stereocenters. The molecular formula is C18H18N2O8S3. The van der Waals surface area contributed by atoms with Crippen LogP contribution < -0.4 is 14.6 Å². The molecule has 0 saturated carbocycles. The molecule has 0 aliphatic heterocycles. The fourth-order valence-electron chi connectivity index (χ4n) is 2.64. The fraction of sp³-hybridized carbons (Fsp3) is 0.111. The molecule has 3 N–H and O–H groups in total. The zero-order chi connectivity index (χ0) is 22.9. The molecule has 13 heteroatoms. The van der Waals surface area contributed by atoms with Crippen LogP contribution in [0.2, 0.25) is 0 Å². The lowest BCUT2D eigenvalue weighted by Crippen LogP contribution is -2.20. The van der Waals surface area contributed by atoms with E-state index in [-0.39, 0.29) is 18.0 Å². The van der Waals surface area contributed by atoms with E-state index in [0.717, 1.165) is 12.3 Å². The van der Waals surface area contributed by atoms with Crippen LogP contribution in [0.25, 0.3) is 0 Å². The van der Waals surface area contributed by atoms with Crippen molar-refractivity contribution >= 4 is 35.7 Å². The van der Waals surface area contributed by atoms with Gasteiger partial charge in [0.2, 0.25) is 10.0 Å². The van der Waals surface area contributed by atoms with Crippen LogP contribution in [0.1, 0.15) is 5.76 Å². The van der Waals surface area contributed by atoms with Crippen LogP contribution in [0.5, 0.6) is 5.75 Å². The number of furan rings is 1. The van der Waals surface area contributed by atoms with Crippen molar-refractivity contribution in [1.29, 1.82) is 0 Å². The van der Waals surface area contributed by atoms with Crippen molar-refractivity contribution in [1.82, 2.24) is 0 Å². The standard InChI is InChI=1S/C18H18N2O8S3/c1-29(21,22)17-10-15(20-12-14-8-5-9-27-14)16(11-18(17)30(19,23)24)31(25,26)28-13-6-3-2-4-7-13/h2-11,20H,12H2,1H3,(H2,19,23,24). The van der Waals surface area contributed by atoms with Gasteiger partial charge >= 0.3 is 10.1 Å². The van der Waals surface area contributed by atoms with E-state index in [9.17, 15) is 25.3 Å². The monoisotopic (exact) mass is 486 g/mol. The van der Waals surface area contributed by atoms with Gasteiger partial charge in [-0.15, -0.1) is 0 Å². The number of hydrogen-bond donors (Lipinski definition) is 2. The average molecular weight is 487 g/mol. The average Bonchev–Trinajstić information content (AvgIpc) is 3.18. The maximum atomic E-state index is 13.0. The van der Waals surface area contributed by atoms with Gasteiger partial charge in [0, 0.05) is 6.26 Å². The molecule has 0 aliphatic carbocycles. The summed E-state index contributed by atoms with van der Waals surface area (Å²) in [5.41, 5.74) is -0.208. The number of primary sulfonamides is 1. The number of sulfone groups is 1. The molecule has 3 rings (SSSR count). The van der Waals surface area contributed by atoms with Gasteiger partial charge in [-0.2, -0.15) is 8.42 Å². The molecule has 0 saturated heterocycles. The smallest absolute Gasteiger partial charge is 0.341 e. The van der Waals surface area contributed by atoms with Crippen molar-refractivity contribution in [3.05, 3.63) is 66.6 Å². The van der Waals surface area contributed by atoms with Crippen molar-refractivity contribution in [3.63, 3.8) is 0 Å². The Morgan fingerprint density at radius 1 is 0.903 bits per heavy atom. The Labute approximate surface area is 179 Å². The van der Waals surface area contributed by atoms with Gasteiger partial charge in [-0.3, -0.25) is 0 Å². The molecule has 166 valence electrons. The first-order chi connectivity index (χ1) is 14.4. The highest BCUT2D eigenvalue weighted by atomic mass is 32.2. The summed E-state index contributed by atoms with van der Waals surface area (Å²) in [6.07, 6.45) is 2.18. The largest absolute Gasteiger partial charge is 0.467 e. The Morgan fingerprint density at radius 2 is 1.58 bits per heavy atom. The Kier molecular flexibility index (Phi) is 6.14. The molecule has 0 radical (unpaired) electrons. The minimum Gasteiger partial charge on any atom is -0.467 e. The van der Waals surface area contributed by atoms with Crippen LogP contribution in [0.4, 0.5) is 5.69 Å². The maximum Gasteiger partial charge on any atom is 0.341 e. The summed E-state index contributed by atoms with van der Waals surface area (Å²) < 4.78 is 84.6. The van der Waals surface area contributed by atoms with E-state index in [1.54, 1.807) is 30.3 Å². The molecule has 0 amide bonds. The maximum absolute atomic E-state index is 13.0. The van der Waals surface area contributed by atoms with Crippen molar-refractivity contribution < 1.29 is 33.9 Å². The predicted molar refractivity (Wildman–Crippen MR) is 111 cm³/mol. The molecule has 10 nitrogen and oxygen atoms in total. The second-order valence-corrected chi connectivity index (χ2v) is 11.4. The summed E-state index contributed by atoms with van der Waals surface area (Å²) in [4.78, 5) is -2.14. The van der Waals surface area contributed by atoms with Crippen LogP contribution in [0.3, 0.4) is 0 Å². The molecule has 2 aromatic carbocycles. The Hall–Kier alpha value is -2.87. The van der Waals surface area contributed by atoms with E-state index in [1.807, 2.05) is 0 Å². The van der Waals surface area contributed by atoms with Crippen molar-refractivity contribution in [2.75, 3.05) is 11.6 Å². The van der Waals surface area contributed by atoms with Gasteiger partial charge < -0.3 is 13.9 Å². The molecule has 1 heterocycles. The van der Waals surface area contributed by atoms with Gasteiger partial charge in [0.1, 0.15) is 21.3 Å². The van der Waals surface area contributed by atoms with Crippen LogP contribution in [0.15, 0.2) is 80.0 Å². The quantitative estimate of drug-likeness (QED) is 0.451. The summed E-state index contributed by atoms with van der Waals surface area (Å²) >= 11 is 0. The summed E-state index contributed by atoms with van der Waals surface area (Å²) in [5, 5.41) is 7.90. The van der Waals surface area contributed by atoms with Crippen LogP contribution in [-0.2, 0) is 36.5 Å². The first-order valence-electron chi connectivity index (χ1n) is 8.54. The van der Waals surface area contributed by atoms with Crippen molar-refractivity contribution in [2.24, 2.45) is 5.14 Å². The van der Waals surface area contributed by atoms with Crippen molar-refractivity contribution in [2.45, 2.75) is 21.2 Å². The SMILES string of the molecule is CS(=O)(=O)c1cc(NCc2ccco2)c(S(=O)(=O)Oc2ccccc2)cc1S(N)(=O)=O. The van der Waals surface area contributed by atoms with E-state index in [0.29, 0.717) is 11.8 Å². The lowest BCUT2D eigenvalue weighted by molar-refractivity contribution is 0.485. The lowest BCUT2D eigenvalue weighted by Gasteiger charge is -2.16. The third-order valence-electron chi connectivity index (χ3n) is 4.00. The second kappa shape index (κ2) is 8.34. The topological polar surface area (TPSA) is 163 Å². The molecule has 0 unspecified atom stereocenters. The molecule has 0 fully saturated rings. The highest BCUT2D eigenvalue weighted by molar-refractivity contribution is 7.93. The minimum atomic E-state index is -4.59. The van der Waals surface area contributed by atoms with E-state index in [4.69, 9.17) is 13.7 Å². The Balaban J connectivity index is 2.20. The third-order valence-corrected chi connectivity index (χ3v) is 7.51. The minimum absolute atomic E-state index is 0.0151. The number of sulfonamides is 1. The molecular weight excluding hydrogens is 468 g/mol. The number of para-hydroxylation sites is 1. The normalized spacial score (nSPS) is 12.5.